The monoisotopic (exact) mass is 353 g/mol. The minimum atomic E-state index is -0.885. The van der Waals surface area contributed by atoms with Crippen LogP contribution >= 0.6 is 0 Å². The third kappa shape index (κ3) is 3.72. The summed E-state index contributed by atoms with van der Waals surface area (Å²) in [6.45, 7) is 7.22. The molecule has 0 bridgehead atoms. The standard InChI is InChI=1S/C21H23NO4/c1-13(19(23)22-21(2,3)4)25-20(24)18-14-9-5-7-11-16(14)26-17-12-8-6-10-15(17)18/h5-13,18H,1-4H3,(H,22,23). The summed E-state index contributed by atoms with van der Waals surface area (Å²) < 4.78 is 11.4. The molecule has 0 spiro atoms. The molecule has 1 heterocycles. The van der Waals surface area contributed by atoms with Crippen LogP contribution in [0.3, 0.4) is 0 Å². The highest BCUT2D eigenvalue weighted by Gasteiger charge is 2.35. The number of carbonyl (C=O) groups excluding carboxylic acids is 2. The van der Waals surface area contributed by atoms with Crippen molar-refractivity contribution in [3.05, 3.63) is 59.7 Å². The van der Waals surface area contributed by atoms with Crippen LogP contribution < -0.4 is 10.1 Å². The Hall–Kier alpha value is -2.82. The van der Waals surface area contributed by atoms with Gasteiger partial charge in [-0.1, -0.05) is 36.4 Å². The van der Waals surface area contributed by atoms with E-state index >= 15 is 0 Å². The van der Waals surface area contributed by atoms with Crippen LogP contribution in [0.4, 0.5) is 0 Å². The Morgan fingerprint density at radius 3 is 2.00 bits per heavy atom. The number of fused-ring (bicyclic) bond motifs is 2. The third-order valence-corrected chi connectivity index (χ3v) is 4.08. The summed E-state index contributed by atoms with van der Waals surface area (Å²) in [6.07, 6.45) is -0.885. The maximum absolute atomic E-state index is 12.9. The predicted molar refractivity (Wildman–Crippen MR) is 98.3 cm³/mol. The molecule has 1 amide bonds. The molecule has 1 aliphatic heterocycles. The Balaban J connectivity index is 1.87. The van der Waals surface area contributed by atoms with Crippen LogP contribution in [0.25, 0.3) is 0 Å². The molecule has 0 saturated carbocycles. The molecule has 2 aromatic carbocycles. The highest BCUT2D eigenvalue weighted by Crippen LogP contribution is 2.44. The molecule has 3 rings (SSSR count). The van der Waals surface area contributed by atoms with Crippen LogP contribution in [-0.2, 0) is 14.3 Å². The molecule has 5 heteroatoms. The predicted octanol–water partition coefficient (Wildman–Crippen LogP) is 3.77. The van der Waals surface area contributed by atoms with Gasteiger partial charge >= 0.3 is 5.97 Å². The normalized spacial score (nSPS) is 14.5. The van der Waals surface area contributed by atoms with Gasteiger partial charge in [0.1, 0.15) is 17.4 Å². The number of hydrogen-bond donors (Lipinski definition) is 1. The average molecular weight is 353 g/mol. The van der Waals surface area contributed by atoms with Crippen LogP contribution in [0.1, 0.15) is 44.7 Å². The average Bonchev–Trinajstić information content (AvgIpc) is 2.57. The lowest BCUT2D eigenvalue weighted by Crippen LogP contribution is -2.46. The number of para-hydroxylation sites is 2. The SMILES string of the molecule is CC(OC(=O)C1c2ccccc2Oc2ccccc21)C(=O)NC(C)(C)C. The lowest BCUT2D eigenvalue weighted by atomic mass is 9.88. The fraction of sp³-hybridized carbons (Fsp3) is 0.333. The molecule has 26 heavy (non-hydrogen) atoms. The van der Waals surface area contributed by atoms with Crippen LogP contribution in [0.15, 0.2) is 48.5 Å². The summed E-state index contributed by atoms with van der Waals surface area (Å²) in [5.74, 6) is -0.162. The number of carbonyl (C=O) groups is 2. The Morgan fingerprint density at radius 1 is 1.00 bits per heavy atom. The second-order valence-corrected chi connectivity index (χ2v) is 7.43. The number of rotatable bonds is 3. The van der Waals surface area contributed by atoms with Gasteiger partial charge in [0.15, 0.2) is 6.10 Å². The molecule has 1 N–H and O–H groups in total. The molecule has 0 aliphatic carbocycles. The second kappa shape index (κ2) is 6.83. The van der Waals surface area contributed by atoms with Crippen LogP contribution in [-0.4, -0.2) is 23.5 Å². The zero-order chi connectivity index (χ0) is 18.9. The Labute approximate surface area is 153 Å². The molecule has 0 radical (unpaired) electrons. The first-order valence-corrected chi connectivity index (χ1v) is 8.64. The number of esters is 1. The van der Waals surface area contributed by atoms with E-state index in [1.165, 1.54) is 0 Å². The second-order valence-electron chi connectivity index (χ2n) is 7.43. The van der Waals surface area contributed by atoms with E-state index < -0.39 is 23.5 Å². The van der Waals surface area contributed by atoms with E-state index in [1.54, 1.807) is 6.92 Å². The lowest BCUT2D eigenvalue weighted by Gasteiger charge is -2.28. The van der Waals surface area contributed by atoms with Gasteiger partial charge in [-0.15, -0.1) is 0 Å². The molecular formula is C21H23NO4. The van der Waals surface area contributed by atoms with Crippen molar-refractivity contribution in [1.29, 1.82) is 0 Å². The number of amides is 1. The van der Waals surface area contributed by atoms with Gasteiger partial charge in [-0.25, -0.2) is 0 Å². The van der Waals surface area contributed by atoms with Gasteiger partial charge in [-0.2, -0.15) is 0 Å². The first-order valence-electron chi connectivity index (χ1n) is 8.64. The van der Waals surface area contributed by atoms with Crippen molar-refractivity contribution in [1.82, 2.24) is 5.32 Å². The summed E-state index contributed by atoms with van der Waals surface area (Å²) in [7, 11) is 0. The van der Waals surface area contributed by atoms with Crippen molar-refractivity contribution in [2.45, 2.75) is 45.3 Å². The quantitative estimate of drug-likeness (QED) is 0.853. The number of benzene rings is 2. The van der Waals surface area contributed by atoms with Crippen LogP contribution in [0.2, 0.25) is 0 Å². The van der Waals surface area contributed by atoms with Crippen molar-refractivity contribution in [3.8, 4) is 11.5 Å². The van der Waals surface area contributed by atoms with Crippen molar-refractivity contribution in [3.63, 3.8) is 0 Å². The molecular weight excluding hydrogens is 330 g/mol. The first kappa shape index (κ1) is 18.0. The Bertz CT molecular complexity index is 792. The molecule has 5 nitrogen and oxygen atoms in total. The maximum Gasteiger partial charge on any atom is 0.318 e. The molecule has 136 valence electrons. The van der Waals surface area contributed by atoms with Gasteiger partial charge < -0.3 is 14.8 Å². The van der Waals surface area contributed by atoms with Crippen LogP contribution in [0, 0.1) is 0 Å². The smallest absolute Gasteiger partial charge is 0.318 e. The number of nitrogens with one attached hydrogen (secondary N) is 1. The number of hydrogen-bond acceptors (Lipinski definition) is 4. The fourth-order valence-electron chi connectivity index (χ4n) is 2.93. The third-order valence-electron chi connectivity index (χ3n) is 4.08. The topological polar surface area (TPSA) is 64.6 Å². The van der Waals surface area contributed by atoms with Gasteiger partial charge in [0, 0.05) is 16.7 Å². The van der Waals surface area contributed by atoms with E-state index in [2.05, 4.69) is 5.32 Å². The minimum Gasteiger partial charge on any atom is -0.457 e. The van der Waals surface area contributed by atoms with Gasteiger partial charge in [-0.3, -0.25) is 9.59 Å². The fourth-order valence-corrected chi connectivity index (χ4v) is 2.93. The largest absolute Gasteiger partial charge is 0.457 e. The summed E-state index contributed by atoms with van der Waals surface area (Å²) in [5, 5.41) is 2.82. The molecule has 0 fully saturated rings. The molecule has 2 aromatic rings. The van der Waals surface area contributed by atoms with E-state index in [1.807, 2.05) is 69.3 Å². The summed E-state index contributed by atoms with van der Waals surface area (Å²) >= 11 is 0. The van der Waals surface area contributed by atoms with Crippen molar-refractivity contribution in [2.24, 2.45) is 0 Å². The summed E-state index contributed by atoms with van der Waals surface area (Å²) in [4.78, 5) is 25.2. The molecule has 0 aromatic heterocycles. The highest BCUT2D eigenvalue weighted by atomic mass is 16.5. The molecule has 0 saturated heterocycles. The van der Waals surface area contributed by atoms with E-state index in [-0.39, 0.29) is 5.91 Å². The zero-order valence-electron chi connectivity index (χ0n) is 15.4. The van der Waals surface area contributed by atoms with Crippen LogP contribution in [0.5, 0.6) is 11.5 Å². The molecule has 1 aliphatic rings. The zero-order valence-corrected chi connectivity index (χ0v) is 15.4. The van der Waals surface area contributed by atoms with E-state index in [9.17, 15) is 9.59 Å². The minimum absolute atomic E-state index is 0.320. The maximum atomic E-state index is 12.9. The first-order chi connectivity index (χ1) is 12.3. The van der Waals surface area contributed by atoms with Crippen molar-refractivity contribution < 1.29 is 19.1 Å². The van der Waals surface area contributed by atoms with E-state index in [0.29, 0.717) is 11.5 Å². The van der Waals surface area contributed by atoms with E-state index in [0.717, 1.165) is 11.1 Å². The van der Waals surface area contributed by atoms with Gasteiger partial charge in [0.25, 0.3) is 5.91 Å². The van der Waals surface area contributed by atoms with Crippen molar-refractivity contribution in [2.75, 3.05) is 0 Å². The summed E-state index contributed by atoms with van der Waals surface area (Å²) in [6, 6.07) is 14.7. The van der Waals surface area contributed by atoms with Crippen molar-refractivity contribution >= 4 is 11.9 Å². The van der Waals surface area contributed by atoms with Gasteiger partial charge in [-0.05, 0) is 39.8 Å². The Kier molecular flexibility index (Phi) is 4.72. The highest BCUT2D eigenvalue weighted by molar-refractivity contribution is 5.89. The number of ether oxygens (including phenoxy) is 2. The summed E-state index contributed by atoms with van der Waals surface area (Å²) in [5.41, 5.74) is 1.08. The van der Waals surface area contributed by atoms with Gasteiger partial charge in [0.2, 0.25) is 0 Å². The van der Waals surface area contributed by atoms with Gasteiger partial charge in [0.05, 0.1) is 0 Å². The molecule has 1 unspecified atom stereocenters. The Morgan fingerprint density at radius 2 is 1.50 bits per heavy atom. The lowest BCUT2D eigenvalue weighted by molar-refractivity contribution is -0.156. The van der Waals surface area contributed by atoms with E-state index in [4.69, 9.17) is 9.47 Å². The molecule has 1 atom stereocenters.